The number of amides is 3. The Kier molecular flexibility index (Phi) is 5.25. The average Bonchev–Trinajstić information content (AvgIpc) is 3.05. The average molecular weight is 355 g/mol. The third-order valence-corrected chi connectivity index (χ3v) is 4.44. The van der Waals surface area contributed by atoms with Gasteiger partial charge in [-0.3, -0.25) is 9.48 Å². The molecule has 7 nitrogen and oxygen atoms in total. The second-order valence-corrected chi connectivity index (χ2v) is 6.96. The summed E-state index contributed by atoms with van der Waals surface area (Å²) in [4.78, 5) is 28.2. The zero-order chi connectivity index (χ0) is 18.7. The SMILES string of the molecule is Cc1cccc(CN2CCN(C(=O)Nc3cnn(C(C)C)c3)CC2=O)c1. The van der Waals surface area contributed by atoms with Crippen LogP contribution in [-0.2, 0) is 11.3 Å². The first-order chi connectivity index (χ1) is 12.4. The molecule has 0 aliphatic carbocycles. The van der Waals surface area contributed by atoms with Gasteiger partial charge in [-0.05, 0) is 26.3 Å². The van der Waals surface area contributed by atoms with E-state index < -0.39 is 0 Å². The van der Waals surface area contributed by atoms with Crippen molar-refractivity contribution in [2.75, 3.05) is 25.0 Å². The van der Waals surface area contributed by atoms with Crippen LogP contribution in [0.3, 0.4) is 0 Å². The number of benzene rings is 1. The summed E-state index contributed by atoms with van der Waals surface area (Å²) in [6.45, 7) is 7.80. The lowest BCUT2D eigenvalue weighted by molar-refractivity contribution is -0.135. The fraction of sp³-hybridized carbons (Fsp3) is 0.421. The topological polar surface area (TPSA) is 70.5 Å². The lowest BCUT2D eigenvalue weighted by atomic mass is 10.1. The molecule has 0 spiro atoms. The minimum atomic E-state index is -0.267. The molecule has 1 saturated heterocycles. The highest BCUT2D eigenvalue weighted by Gasteiger charge is 2.27. The van der Waals surface area contributed by atoms with Crippen LogP contribution in [0.1, 0.15) is 31.0 Å². The maximum absolute atomic E-state index is 12.4. The Labute approximate surface area is 153 Å². The van der Waals surface area contributed by atoms with Gasteiger partial charge in [0.25, 0.3) is 0 Å². The van der Waals surface area contributed by atoms with E-state index in [0.717, 1.165) is 5.56 Å². The first-order valence-electron chi connectivity index (χ1n) is 8.86. The van der Waals surface area contributed by atoms with Crippen molar-refractivity contribution < 1.29 is 9.59 Å². The van der Waals surface area contributed by atoms with Crippen LogP contribution in [0.25, 0.3) is 0 Å². The summed E-state index contributed by atoms with van der Waals surface area (Å²) in [6.07, 6.45) is 3.41. The monoisotopic (exact) mass is 355 g/mol. The van der Waals surface area contributed by atoms with Gasteiger partial charge in [-0.2, -0.15) is 5.10 Å². The van der Waals surface area contributed by atoms with Crippen molar-refractivity contribution in [2.45, 2.75) is 33.4 Å². The van der Waals surface area contributed by atoms with Gasteiger partial charge in [0.2, 0.25) is 5.91 Å². The highest BCUT2D eigenvalue weighted by molar-refractivity contribution is 5.92. The van der Waals surface area contributed by atoms with Gasteiger partial charge in [0.1, 0.15) is 6.54 Å². The maximum atomic E-state index is 12.4. The Morgan fingerprint density at radius 2 is 2.12 bits per heavy atom. The van der Waals surface area contributed by atoms with E-state index in [9.17, 15) is 9.59 Å². The number of piperazine rings is 1. The molecule has 3 rings (SSSR count). The molecule has 0 saturated carbocycles. The molecule has 138 valence electrons. The number of urea groups is 1. The second-order valence-electron chi connectivity index (χ2n) is 6.96. The molecule has 1 N–H and O–H groups in total. The van der Waals surface area contributed by atoms with Crippen LogP contribution in [0.2, 0.25) is 0 Å². The summed E-state index contributed by atoms with van der Waals surface area (Å²) in [5, 5.41) is 7.02. The number of hydrogen-bond acceptors (Lipinski definition) is 3. The van der Waals surface area contributed by atoms with Crippen molar-refractivity contribution >= 4 is 17.6 Å². The molecule has 0 unspecified atom stereocenters. The van der Waals surface area contributed by atoms with E-state index >= 15 is 0 Å². The molecule has 0 atom stereocenters. The minimum Gasteiger partial charge on any atom is -0.335 e. The fourth-order valence-corrected chi connectivity index (χ4v) is 2.97. The van der Waals surface area contributed by atoms with Gasteiger partial charge in [0.15, 0.2) is 0 Å². The fourth-order valence-electron chi connectivity index (χ4n) is 2.97. The van der Waals surface area contributed by atoms with Crippen molar-refractivity contribution in [3.05, 3.63) is 47.8 Å². The zero-order valence-corrected chi connectivity index (χ0v) is 15.5. The number of aryl methyl sites for hydroxylation is 1. The predicted molar refractivity (Wildman–Crippen MR) is 99.8 cm³/mol. The molecule has 3 amide bonds. The van der Waals surface area contributed by atoms with E-state index in [-0.39, 0.29) is 24.5 Å². The van der Waals surface area contributed by atoms with Crippen LogP contribution >= 0.6 is 0 Å². The van der Waals surface area contributed by atoms with Crippen LogP contribution in [0.15, 0.2) is 36.7 Å². The van der Waals surface area contributed by atoms with E-state index in [1.54, 1.807) is 26.9 Å². The largest absolute Gasteiger partial charge is 0.335 e. The third-order valence-electron chi connectivity index (χ3n) is 4.44. The van der Waals surface area contributed by atoms with E-state index in [4.69, 9.17) is 0 Å². The molecule has 1 aromatic carbocycles. The number of nitrogens with zero attached hydrogens (tertiary/aromatic N) is 4. The minimum absolute atomic E-state index is 0.0363. The molecular formula is C19H25N5O2. The van der Waals surface area contributed by atoms with E-state index in [1.807, 2.05) is 39.0 Å². The number of nitrogens with one attached hydrogen (secondary N) is 1. The van der Waals surface area contributed by atoms with Crippen molar-refractivity contribution in [1.82, 2.24) is 19.6 Å². The summed E-state index contributed by atoms with van der Waals surface area (Å²) in [6, 6.07) is 8.10. The molecule has 26 heavy (non-hydrogen) atoms. The zero-order valence-electron chi connectivity index (χ0n) is 15.5. The van der Waals surface area contributed by atoms with Crippen molar-refractivity contribution in [2.24, 2.45) is 0 Å². The van der Waals surface area contributed by atoms with Crippen LogP contribution in [0, 0.1) is 6.92 Å². The Morgan fingerprint density at radius 3 is 2.77 bits per heavy atom. The van der Waals surface area contributed by atoms with E-state index in [2.05, 4.69) is 16.5 Å². The molecule has 7 heteroatoms. The number of hydrogen-bond donors (Lipinski definition) is 1. The van der Waals surface area contributed by atoms with Gasteiger partial charge in [-0.15, -0.1) is 0 Å². The molecule has 1 aliphatic rings. The lowest BCUT2D eigenvalue weighted by Crippen LogP contribution is -2.52. The quantitative estimate of drug-likeness (QED) is 0.916. The van der Waals surface area contributed by atoms with E-state index in [1.165, 1.54) is 5.56 Å². The Balaban J connectivity index is 1.55. The number of carbonyl (C=O) groups excluding carboxylic acids is 2. The van der Waals surface area contributed by atoms with Crippen molar-refractivity contribution in [3.8, 4) is 0 Å². The highest BCUT2D eigenvalue weighted by atomic mass is 16.2. The number of carbonyl (C=O) groups is 2. The molecule has 1 aliphatic heterocycles. The number of aromatic nitrogens is 2. The molecule has 0 bridgehead atoms. The Bertz CT molecular complexity index is 799. The lowest BCUT2D eigenvalue weighted by Gasteiger charge is -2.34. The van der Waals surface area contributed by atoms with Gasteiger partial charge in [-0.1, -0.05) is 29.8 Å². The second kappa shape index (κ2) is 7.59. The summed E-state index contributed by atoms with van der Waals surface area (Å²) in [7, 11) is 0. The van der Waals surface area contributed by atoms with Crippen LogP contribution in [-0.4, -0.2) is 51.2 Å². The predicted octanol–water partition coefficient (Wildman–Crippen LogP) is 2.65. The summed E-state index contributed by atoms with van der Waals surface area (Å²) < 4.78 is 1.78. The summed E-state index contributed by atoms with van der Waals surface area (Å²) in [5.74, 6) is -0.0363. The molecule has 2 aromatic rings. The molecule has 2 heterocycles. The van der Waals surface area contributed by atoms with Gasteiger partial charge in [-0.25, -0.2) is 4.79 Å². The van der Waals surface area contributed by atoms with Gasteiger partial charge < -0.3 is 15.1 Å². The number of rotatable bonds is 4. The van der Waals surface area contributed by atoms with Crippen molar-refractivity contribution in [3.63, 3.8) is 0 Å². The molecule has 1 aromatic heterocycles. The molecule has 1 fully saturated rings. The third kappa shape index (κ3) is 4.22. The molecule has 0 radical (unpaired) electrons. The van der Waals surface area contributed by atoms with Gasteiger partial charge >= 0.3 is 6.03 Å². The van der Waals surface area contributed by atoms with Gasteiger partial charge in [0, 0.05) is 31.9 Å². The van der Waals surface area contributed by atoms with Crippen LogP contribution < -0.4 is 5.32 Å². The maximum Gasteiger partial charge on any atom is 0.322 e. The van der Waals surface area contributed by atoms with E-state index in [0.29, 0.717) is 25.3 Å². The Morgan fingerprint density at radius 1 is 1.31 bits per heavy atom. The van der Waals surface area contributed by atoms with Gasteiger partial charge in [0.05, 0.1) is 11.9 Å². The molecular weight excluding hydrogens is 330 g/mol. The normalized spacial score (nSPS) is 14.8. The summed E-state index contributed by atoms with van der Waals surface area (Å²) >= 11 is 0. The smallest absolute Gasteiger partial charge is 0.322 e. The summed E-state index contributed by atoms with van der Waals surface area (Å²) in [5.41, 5.74) is 2.92. The van der Waals surface area contributed by atoms with Crippen LogP contribution in [0.5, 0.6) is 0 Å². The first kappa shape index (κ1) is 18.0. The standard InChI is InChI=1S/C19H25N5O2/c1-14(2)24-12-17(10-20-24)21-19(26)23-8-7-22(18(25)13-23)11-16-6-4-5-15(3)9-16/h4-6,9-10,12,14H,7-8,11,13H2,1-3H3,(H,21,26). The number of anilines is 1. The first-order valence-corrected chi connectivity index (χ1v) is 8.86. The van der Waals surface area contributed by atoms with Crippen LogP contribution in [0.4, 0.5) is 10.5 Å². The highest BCUT2D eigenvalue weighted by Crippen LogP contribution is 2.14. The Hall–Kier alpha value is -2.83. The van der Waals surface area contributed by atoms with Crippen molar-refractivity contribution in [1.29, 1.82) is 0 Å².